The highest BCUT2D eigenvalue weighted by atomic mass is 32.2. The summed E-state index contributed by atoms with van der Waals surface area (Å²) in [5.74, 6) is 1.79. The van der Waals surface area contributed by atoms with E-state index in [1.807, 2.05) is 6.92 Å². The number of sulfone groups is 1. The molecule has 0 bridgehead atoms. The molecule has 43 heavy (non-hydrogen) atoms. The van der Waals surface area contributed by atoms with Gasteiger partial charge in [-0.15, -0.1) is 0 Å². The minimum absolute atomic E-state index is 0.180. The van der Waals surface area contributed by atoms with E-state index in [4.69, 9.17) is 23.7 Å². The van der Waals surface area contributed by atoms with E-state index in [2.05, 4.69) is 45.0 Å². The third kappa shape index (κ3) is 8.03. The van der Waals surface area contributed by atoms with Crippen LogP contribution in [0.15, 0.2) is 82.6 Å². The van der Waals surface area contributed by atoms with E-state index in [1.165, 1.54) is 35.9 Å². The van der Waals surface area contributed by atoms with Gasteiger partial charge in [-0.3, -0.25) is 0 Å². The molecule has 0 N–H and O–H groups in total. The molecule has 0 atom stereocenters. The summed E-state index contributed by atoms with van der Waals surface area (Å²) in [5.41, 5.74) is 7.80. The highest BCUT2D eigenvalue weighted by Crippen LogP contribution is 2.36. The molecule has 228 valence electrons. The first-order chi connectivity index (χ1) is 20.6. The lowest BCUT2D eigenvalue weighted by Crippen LogP contribution is -2.09. The minimum Gasteiger partial charge on any atom is -0.497 e. The summed E-state index contributed by atoms with van der Waals surface area (Å²) in [4.78, 5) is 0.375. The van der Waals surface area contributed by atoms with Crippen molar-refractivity contribution >= 4 is 9.84 Å². The van der Waals surface area contributed by atoms with Gasteiger partial charge in [-0.1, -0.05) is 12.1 Å². The molecule has 0 fully saturated rings. The Bertz CT molecular complexity index is 1600. The van der Waals surface area contributed by atoms with Crippen molar-refractivity contribution in [2.24, 2.45) is 0 Å². The highest BCUT2D eigenvalue weighted by Gasteiger charge is 2.19. The van der Waals surface area contributed by atoms with Crippen LogP contribution in [0.2, 0.25) is 0 Å². The Kier molecular flexibility index (Phi) is 11.0. The van der Waals surface area contributed by atoms with Gasteiger partial charge in [0.05, 0.1) is 49.9 Å². The van der Waals surface area contributed by atoms with Gasteiger partial charge in [0.1, 0.15) is 17.2 Å². The first-order valence-corrected chi connectivity index (χ1v) is 15.7. The van der Waals surface area contributed by atoms with Crippen molar-refractivity contribution < 1.29 is 32.1 Å². The van der Waals surface area contributed by atoms with E-state index in [0.717, 1.165) is 22.3 Å². The maximum absolute atomic E-state index is 13.2. The van der Waals surface area contributed by atoms with Gasteiger partial charge >= 0.3 is 0 Å². The summed E-state index contributed by atoms with van der Waals surface area (Å²) >= 11 is 0. The first kappa shape index (κ1) is 32.2. The zero-order valence-electron chi connectivity index (χ0n) is 25.7. The Morgan fingerprint density at radius 1 is 0.605 bits per heavy atom. The second-order valence-corrected chi connectivity index (χ2v) is 12.4. The van der Waals surface area contributed by atoms with Crippen LogP contribution in [0.3, 0.4) is 0 Å². The molecule has 0 spiro atoms. The molecule has 4 aromatic rings. The van der Waals surface area contributed by atoms with Gasteiger partial charge in [0, 0.05) is 12.7 Å². The largest absolute Gasteiger partial charge is 0.497 e. The van der Waals surface area contributed by atoms with Crippen LogP contribution in [0, 0.1) is 27.7 Å². The number of methoxy groups -OCH3 is 2. The van der Waals surface area contributed by atoms with Crippen LogP contribution in [0.4, 0.5) is 0 Å². The molecule has 0 unspecified atom stereocenters. The van der Waals surface area contributed by atoms with Crippen molar-refractivity contribution in [2.75, 3.05) is 40.6 Å². The quantitative estimate of drug-likeness (QED) is 0.139. The molecule has 0 aliphatic rings. The van der Waals surface area contributed by atoms with Crippen molar-refractivity contribution in [3.63, 3.8) is 0 Å². The van der Waals surface area contributed by atoms with Gasteiger partial charge < -0.3 is 23.7 Å². The highest BCUT2D eigenvalue weighted by molar-refractivity contribution is 7.91. The van der Waals surface area contributed by atoms with E-state index >= 15 is 0 Å². The second-order valence-electron chi connectivity index (χ2n) is 10.4. The van der Waals surface area contributed by atoms with Gasteiger partial charge in [0.15, 0.2) is 0 Å². The molecule has 0 amide bonds. The van der Waals surface area contributed by atoms with Gasteiger partial charge in [-0.2, -0.15) is 0 Å². The molecular formula is C35H40O7S. The summed E-state index contributed by atoms with van der Waals surface area (Å²) < 4.78 is 54.4. The predicted molar refractivity (Wildman–Crippen MR) is 168 cm³/mol. The number of aryl methyl sites for hydroxylation is 3. The number of hydrogen-bond acceptors (Lipinski definition) is 7. The molecule has 0 heterocycles. The number of ether oxygens (including phenoxy) is 5. The van der Waals surface area contributed by atoms with E-state index in [-0.39, 0.29) is 9.79 Å². The SMILES string of the molecule is COCCOCCOCc1cc(-c2cc(C)c(C)c(C)c2)cc(C)c1Oc1ccc(S(=O)(=O)c2ccc(OC)cc2)cc1. The summed E-state index contributed by atoms with van der Waals surface area (Å²) in [6.45, 7) is 10.7. The van der Waals surface area contributed by atoms with Crippen LogP contribution < -0.4 is 9.47 Å². The standard InChI is InChI=1S/C35H40O7S/c1-24-19-28(20-25(2)27(24)4)29-21-26(3)35(30(22-29)23-41-18-17-40-16-15-38-5)42-32-9-13-34(14-10-32)43(36,37)33-11-7-31(39-6)8-12-33/h7-14,19-22H,15-18,23H2,1-6H3. The number of rotatable bonds is 14. The normalized spacial score (nSPS) is 11.5. The zero-order valence-corrected chi connectivity index (χ0v) is 26.5. The first-order valence-electron chi connectivity index (χ1n) is 14.2. The summed E-state index contributed by atoms with van der Waals surface area (Å²) in [6, 6.07) is 21.4. The topological polar surface area (TPSA) is 80.3 Å². The van der Waals surface area contributed by atoms with Gasteiger partial charge in [0.2, 0.25) is 9.84 Å². The molecule has 7 nitrogen and oxygen atoms in total. The van der Waals surface area contributed by atoms with Gasteiger partial charge in [-0.05, 0) is 122 Å². The maximum Gasteiger partial charge on any atom is 0.206 e. The third-order valence-corrected chi connectivity index (χ3v) is 9.18. The average Bonchev–Trinajstić information content (AvgIpc) is 3.00. The van der Waals surface area contributed by atoms with Crippen LogP contribution in [0.5, 0.6) is 17.2 Å². The predicted octanol–water partition coefficient (Wildman–Crippen LogP) is 7.40. The molecule has 0 saturated carbocycles. The van der Waals surface area contributed by atoms with Gasteiger partial charge in [0.25, 0.3) is 0 Å². The fourth-order valence-electron chi connectivity index (χ4n) is 4.71. The molecular weight excluding hydrogens is 564 g/mol. The summed E-state index contributed by atoms with van der Waals surface area (Å²) in [5, 5.41) is 0. The number of benzene rings is 4. The Balaban J connectivity index is 1.59. The minimum atomic E-state index is -3.69. The molecule has 0 aliphatic carbocycles. The molecule has 4 aromatic carbocycles. The third-order valence-electron chi connectivity index (χ3n) is 7.40. The molecule has 0 aliphatic heterocycles. The van der Waals surface area contributed by atoms with Crippen molar-refractivity contribution in [1.82, 2.24) is 0 Å². The fourth-order valence-corrected chi connectivity index (χ4v) is 5.97. The van der Waals surface area contributed by atoms with Crippen LogP contribution >= 0.6 is 0 Å². The molecule has 4 rings (SSSR count). The van der Waals surface area contributed by atoms with E-state index < -0.39 is 9.84 Å². The maximum atomic E-state index is 13.2. The molecule has 8 heteroatoms. The van der Waals surface area contributed by atoms with Crippen LogP contribution in [-0.2, 0) is 30.7 Å². The van der Waals surface area contributed by atoms with Crippen molar-refractivity contribution in [3.05, 3.63) is 101 Å². The van der Waals surface area contributed by atoms with Gasteiger partial charge in [-0.25, -0.2) is 8.42 Å². The number of hydrogen-bond donors (Lipinski definition) is 0. The second kappa shape index (κ2) is 14.7. The Labute approximate surface area is 255 Å². The average molecular weight is 605 g/mol. The Morgan fingerprint density at radius 2 is 1.12 bits per heavy atom. The van der Waals surface area contributed by atoms with Crippen molar-refractivity contribution in [3.8, 4) is 28.4 Å². The Hall–Kier alpha value is -3.69. The fraction of sp³-hybridized carbons (Fsp3) is 0.314. The van der Waals surface area contributed by atoms with Crippen LogP contribution in [0.25, 0.3) is 11.1 Å². The smallest absolute Gasteiger partial charge is 0.206 e. The van der Waals surface area contributed by atoms with Crippen LogP contribution in [0.1, 0.15) is 27.8 Å². The van der Waals surface area contributed by atoms with E-state index in [0.29, 0.717) is 50.3 Å². The van der Waals surface area contributed by atoms with Crippen LogP contribution in [-0.4, -0.2) is 49.1 Å². The molecule has 0 radical (unpaired) electrons. The molecule has 0 aromatic heterocycles. The monoisotopic (exact) mass is 604 g/mol. The summed E-state index contributed by atoms with van der Waals surface area (Å²) in [6.07, 6.45) is 0. The van der Waals surface area contributed by atoms with E-state index in [9.17, 15) is 8.42 Å². The Morgan fingerprint density at radius 3 is 1.70 bits per heavy atom. The van der Waals surface area contributed by atoms with Crippen molar-refractivity contribution in [1.29, 1.82) is 0 Å². The molecule has 0 saturated heterocycles. The van der Waals surface area contributed by atoms with Crippen molar-refractivity contribution in [2.45, 2.75) is 44.1 Å². The summed E-state index contributed by atoms with van der Waals surface area (Å²) in [7, 11) is -0.511. The lowest BCUT2D eigenvalue weighted by Gasteiger charge is -2.18. The van der Waals surface area contributed by atoms with E-state index in [1.54, 1.807) is 43.5 Å². The zero-order chi connectivity index (χ0) is 31.0. The lowest BCUT2D eigenvalue weighted by atomic mass is 9.94. The lowest BCUT2D eigenvalue weighted by molar-refractivity contribution is 0.0196.